The van der Waals surface area contributed by atoms with E-state index in [-0.39, 0.29) is 0 Å². The van der Waals surface area contributed by atoms with Crippen LogP contribution in [-0.4, -0.2) is 37.8 Å². The molecule has 2 aromatic rings. The van der Waals surface area contributed by atoms with E-state index >= 15 is 0 Å². The fourth-order valence-electron chi connectivity index (χ4n) is 1.87. The molecular formula is C13H17ClN4O2S. The van der Waals surface area contributed by atoms with E-state index in [9.17, 15) is 8.42 Å². The van der Waals surface area contributed by atoms with Crippen molar-refractivity contribution in [1.82, 2.24) is 9.29 Å². The van der Waals surface area contributed by atoms with Gasteiger partial charge in [-0.2, -0.15) is 12.7 Å². The van der Waals surface area contributed by atoms with Crippen LogP contribution in [0.4, 0.5) is 5.69 Å². The zero-order valence-electron chi connectivity index (χ0n) is 11.6. The number of hydrogen-bond acceptors (Lipinski definition) is 4. The zero-order chi connectivity index (χ0) is 15.5. The van der Waals surface area contributed by atoms with Gasteiger partial charge in [0.25, 0.3) is 0 Å². The molecule has 114 valence electrons. The molecule has 0 saturated carbocycles. The monoisotopic (exact) mass is 328 g/mol. The summed E-state index contributed by atoms with van der Waals surface area (Å²) in [5, 5.41) is 1.22. The maximum Gasteiger partial charge on any atom is 0.301 e. The minimum atomic E-state index is -3.65. The van der Waals surface area contributed by atoms with E-state index in [0.717, 1.165) is 0 Å². The van der Waals surface area contributed by atoms with Gasteiger partial charge >= 0.3 is 10.2 Å². The number of fused-ring (bicyclic) bond motifs is 1. The van der Waals surface area contributed by atoms with Gasteiger partial charge < -0.3 is 5.73 Å². The van der Waals surface area contributed by atoms with Crippen molar-refractivity contribution in [3.8, 4) is 0 Å². The van der Waals surface area contributed by atoms with E-state index in [1.807, 2.05) is 0 Å². The van der Waals surface area contributed by atoms with Gasteiger partial charge in [0.05, 0.1) is 16.2 Å². The van der Waals surface area contributed by atoms with E-state index in [1.165, 1.54) is 11.4 Å². The van der Waals surface area contributed by atoms with E-state index in [0.29, 0.717) is 41.1 Å². The molecule has 0 bridgehead atoms. The second-order valence-electron chi connectivity index (χ2n) is 4.57. The Hall–Kier alpha value is -1.41. The molecule has 1 heterocycles. The topological polar surface area (TPSA) is 88.3 Å². The first-order chi connectivity index (χ1) is 9.95. The standard InChI is InChI=1S/C13H17ClN4O2S/c1-18(9-3-7-15)21(19,20)17-12-6-5-11(14)10-4-2-8-16-13(10)12/h2,4-6,8,17H,3,7,9,15H2,1H3. The van der Waals surface area contributed by atoms with Crippen molar-refractivity contribution in [2.45, 2.75) is 6.42 Å². The average Bonchev–Trinajstić information content (AvgIpc) is 2.48. The summed E-state index contributed by atoms with van der Waals surface area (Å²) in [4.78, 5) is 4.20. The summed E-state index contributed by atoms with van der Waals surface area (Å²) in [7, 11) is -2.14. The number of nitrogens with zero attached hydrogens (tertiary/aromatic N) is 2. The van der Waals surface area contributed by atoms with Crippen molar-refractivity contribution in [3.05, 3.63) is 35.5 Å². The van der Waals surface area contributed by atoms with Crippen LogP contribution < -0.4 is 10.5 Å². The molecule has 0 saturated heterocycles. The van der Waals surface area contributed by atoms with Crippen LogP contribution in [0, 0.1) is 0 Å². The lowest BCUT2D eigenvalue weighted by Crippen LogP contribution is -2.34. The number of halogens is 1. The Morgan fingerprint density at radius 1 is 1.38 bits per heavy atom. The third-order valence-electron chi connectivity index (χ3n) is 3.04. The quantitative estimate of drug-likeness (QED) is 0.846. The lowest BCUT2D eigenvalue weighted by atomic mass is 10.2. The first kappa shape index (κ1) is 16.0. The predicted molar refractivity (Wildman–Crippen MR) is 85.6 cm³/mol. The van der Waals surface area contributed by atoms with Gasteiger partial charge in [0.1, 0.15) is 0 Å². The number of pyridine rings is 1. The number of aromatic nitrogens is 1. The Balaban J connectivity index is 2.34. The molecule has 0 radical (unpaired) electrons. The summed E-state index contributed by atoms with van der Waals surface area (Å²) < 4.78 is 28.3. The molecule has 0 spiro atoms. The fraction of sp³-hybridized carbons (Fsp3) is 0.308. The van der Waals surface area contributed by atoms with Crippen molar-refractivity contribution in [1.29, 1.82) is 0 Å². The van der Waals surface area contributed by atoms with E-state index in [4.69, 9.17) is 17.3 Å². The van der Waals surface area contributed by atoms with Gasteiger partial charge in [-0.05, 0) is 37.2 Å². The smallest absolute Gasteiger partial charge is 0.301 e. The van der Waals surface area contributed by atoms with Gasteiger partial charge in [-0.3, -0.25) is 9.71 Å². The summed E-state index contributed by atoms with van der Waals surface area (Å²) in [5.74, 6) is 0. The van der Waals surface area contributed by atoms with Gasteiger partial charge in [0.2, 0.25) is 0 Å². The number of rotatable bonds is 6. The van der Waals surface area contributed by atoms with Crippen molar-refractivity contribution in [2.24, 2.45) is 5.73 Å². The number of anilines is 1. The Morgan fingerprint density at radius 2 is 2.14 bits per heavy atom. The van der Waals surface area contributed by atoms with Crippen LogP contribution in [0.5, 0.6) is 0 Å². The minimum Gasteiger partial charge on any atom is -0.330 e. The first-order valence-electron chi connectivity index (χ1n) is 6.43. The number of nitrogens with two attached hydrogens (primary N) is 1. The Morgan fingerprint density at radius 3 is 2.86 bits per heavy atom. The largest absolute Gasteiger partial charge is 0.330 e. The molecular weight excluding hydrogens is 312 g/mol. The number of hydrogen-bond donors (Lipinski definition) is 2. The van der Waals surface area contributed by atoms with Gasteiger partial charge in [-0.15, -0.1) is 0 Å². The molecule has 2 rings (SSSR count). The van der Waals surface area contributed by atoms with Crippen LogP contribution in [0.15, 0.2) is 30.5 Å². The molecule has 0 atom stereocenters. The Labute approximate surface area is 129 Å². The van der Waals surface area contributed by atoms with E-state index in [1.54, 1.807) is 30.5 Å². The highest BCUT2D eigenvalue weighted by molar-refractivity contribution is 7.90. The lowest BCUT2D eigenvalue weighted by molar-refractivity contribution is 0.468. The molecule has 0 aliphatic rings. The number of nitrogens with one attached hydrogen (secondary N) is 1. The first-order valence-corrected chi connectivity index (χ1v) is 8.25. The molecule has 1 aromatic heterocycles. The minimum absolute atomic E-state index is 0.352. The SMILES string of the molecule is CN(CCCN)S(=O)(=O)Nc1ccc(Cl)c2cccnc12. The highest BCUT2D eigenvalue weighted by Gasteiger charge is 2.18. The molecule has 6 nitrogen and oxygen atoms in total. The van der Waals surface area contributed by atoms with Crippen molar-refractivity contribution < 1.29 is 8.42 Å². The zero-order valence-corrected chi connectivity index (χ0v) is 13.2. The van der Waals surface area contributed by atoms with Crippen LogP contribution in [-0.2, 0) is 10.2 Å². The molecule has 0 aliphatic carbocycles. The molecule has 8 heteroatoms. The summed E-state index contributed by atoms with van der Waals surface area (Å²) >= 11 is 6.09. The Kier molecular flexibility index (Phi) is 5.00. The summed E-state index contributed by atoms with van der Waals surface area (Å²) in [5.41, 5.74) is 6.31. The van der Waals surface area contributed by atoms with Crippen molar-refractivity contribution in [3.63, 3.8) is 0 Å². The fourth-order valence-corrected chi connectivity index (χ4v) is 3.05. The second kappa shape index (κ2) is 6.57. The Bertz CT molecular complexity index is 736. The molecule has 1 aromatic carbocycles. The van der Waals surface area contributed by atoms with E-state index < -0.39 is 10.2 Å². The van der Waals surface area contributed by atoms with Crippen molar-refractivity contribution in [2.75, 3.05) is 24.9 Å². The van der Waals surface area contributed by atoms with Crippen LogP contribution >= 0.6 is 11.6 Å². The summed E-state index contributed by atoms with van der Waals surface area (Å²) in [6.45, 7) is 0.788. The third kappa shape index (κ3) is 3.62. The molecule has 0 amide bonds. The second-order valence-corrected chi connectivity index (χ2v) is 6.75. The predicted octanol–water partition coefficient (Wildman–Crippen LogP) is 1.83. The van der Waals surface area contributed by atoms with Crippen LogP contribution in [0.1, 0.15) is 6.42 Å². The van der Waals surface area contributed by atoms with Crippen molar-refractivity contribution >= 4 is 38.4 Å². The molecule has 3 N–H and O–H groups in total. The molecule has 0 fully saturated rings. The number of benzene rings is 1. The lowest BCUT2D eigenvalue weighted by Gasteiger charge is -2.18. The highest BCUT2D eigenvalue weighted by Crippen LogP contribution is 2.28. The van der Waals surface area contributed by atoms with Crippen LogP contribution in [0.3, 0.4) is 0 Å². The highest BCUT2D eigenvalue weighted by atomic mass is 35.5. The van der Waals surface area contributed by atoms with Crippen LogP contribution in [0.25, 0.3) is 10.9 Å². The normalized spacial score (nSPS) is 12.0. The molecule has 0 unspecified atom stereocenters. The maximum absolute atomic E-state index is 12.2. The van der Waals surface area contributed by atoms with Crippen LogP contribution in [0.2, 0.25) is 5.02 Å². The summed E-state index contributed by atoms with van der Waals surface area (Å²) in [6.07, 6.45) is 2.19. The van der Waals surface area contributed by atoms with Gasteiger partial charge in [0, 0.05) is 25.2 Å². The maximum atomic E-state index is 12.2. The van der Waals surface area contributed by atoms with Gasteiger partial charge in [-0.1, -0.05) is 11.6 Å². The van der Waals surface area contributed by atoms with E-state index in [2.05, 4.69) is 9.71 Å². The molecule has 0 aliphatic heterocycles. The third-order valence-corrected chi connectivity index (χ3v) is 4.85. The van der Waals surface area contributed by atoms with Gasteiger partial charge in [0.15, 0.2) is 0 Å². The summed E-state index contributed by atoms with van der Waals surface area (Å²) in [6, 6.07) is 6.79. The molecule has 21 heavy (non-hydrogen) atoms. The van der Waals surface area contributed by atoms with Gasteiger partial charge in [-0.25, -0.2) is 0 Å². The average molecular weight is 329 g/mol.